The Balaban J connectivity index is 5.15. The van der Waals surface area contributed by atoms with E-state index in [1.54, 1.807) is 0 Å². The molecule has 0 fully saturated rings. The fourth-order valence-corrected chi connectivity index (χ4v) is 2.28. The second kappa shape index (κ2) is 7.86. The lowest BCUT2D eigenvalue weighted by Gasteiger charge is -2.47. The lowest BCUT2D eigenvalue weighted by molar-refractivity contribution is -0.0586. The van der Waals surface area contributed by atoms with Gasteiger partial charge in [0.1, 0.15) is 0 Å². The van der Waals surface area contributed by atoms with Gasteiger partial charge in [-0.2, -0.15) is 10.2 Å². The molecule has 0 saturated carbocycles. The lowest BCUT2D eigenvalue weighted by atomic mass is 9.66. The average Bonchev–Trinajstić information content (AvgIpc) is 2.33. The van der Waals surface area contributed by atoms with Gasteiger partial charge < -0.3 is 10.5 Å². The van der Waals surface area contributed by atoms with Gasteiger partial charge >= 0.3 is 0 Å². The molecule has 122 valence electrons. The number of ether oxygens (including phenoxy) is 1. The molecular weight excluding hydrogens is 266 g/mol. The molecule has 0 aromatic rings. The summed E-state index contributed by atoms with van der Waals surface area (Å²) in [6.45, 7) is 13.1. The van der Waals surface area contributed by atoms with Crippen molar-refractivity contribution < 1.29 is 4.74 Å². The molecule has 2 atom stereocenters. The van der Waals surface area contributed by atoms with Gasteiger partial charge in [-0.05, 0) is 30.6 Å². The Morgan fingerprint density at radius 1 is 1.24 bits per heavy atom. The normalized spacial score (nSPS) is 16.9. The van der Waals surface area contributed by atoms with Crippen molar-refractivity contribution in [2.24, 2.45) is 21.7 Å². The van der Waals surface area contributed by atoms with Crippen LogP contribution in [-0.4, -0.2) is 24.8 Å². The highest BCUT2D eigenvalue weighted by atomic mass is 16.5. The van der Waals surface area contributed by atoms with Crippen LogP contribution in [0.4, 0.5) is 0 Å². The molecule has 0 rings (SSSR count). The minimum atomic E-state index is -0.611. The van der Waals surface area contributed by atoms with Gasteiger partial charge in [0.25, 0.3) is 0 Å². The minimum Gasteiger partial charge on any atom is -0.375 e. The maximum atomic E-state index is 10.4. The summed E-state index contributed by atoms with van der Waals surface area (Å²) in [5.74, 6) is 0. The summed E-state index contributed by atoms with van der Waals surface area (Å²) in [5.41, 5.74) is 5.78. The van der Waals surface area contributed by atoms with E-state index >= 15 is 0 Å². The molecule has 0 radical (unpaired) electrons. The molecule has 5 nitrogen and oxygen atoms in total. The van der Waals surface area contributed by atoms with Crippen molar-refractivity contribution in [3.63, 3.8) is 0 Å². The van der Waals surface area contributed by atoms with Crippen molar-refractivity contribution in [1.82, 2.24) is 0 Å². The van der Waals surface area contributed by atoms with Gasteiger partial charge in [-0.3, -0.25) is 0 Å². The molecule has 5 heteroatoms. The second-order valence-corrected chi connectivity index (χ2v) is 7.80. The zero-order valence-electron chi connectivity index (χ0n) is 14.4. The van der Waals surface area contributed by atoms with E-state index in [-0.39, 0.29) is 23.5 Å². The molecule has 0 spiro atoms. The maximum Gasteiger partial charge on any atom is 0.0816 e. The largest absolute Gasteiger partial charge is 0.375 e. The van der Waals surface area contributed by atoms with Crippen molar-refractivity contribution >= 4 is 0 Å². The molecule has 0 heterocycles. The Morgan fingerprint density at radius 2 is 1.81 bits per heavy atom. The quantitative estimate of drug-likeness (QED) is 0.520. The van der Waals surface area contributed by atoms with Gasteiger partial charge in [0.15, 0.2) is 0 Å². The number of hydrogen-bond acceptors (Lipinski definition) is 5. The van der Waals surface area contributed by atoms with Crippen molar-refractivity contribution in [1.29, 1.82) is 5.26 Å². The monoisotopic (exact) mass is 297 g/mol. The first-order chi connectivity index (χ1) is 9.48. The highest BCUT2D eigenvalue weighted by molar-refractivity contribution is 5.01. The standard InChI is InChI=1S/C16H31N3O2/c1-14(2,3)12-13(21-11-7-9-17)16(6,18)15(4,5)8-10-19-20/h13H,7-8,10-12,18H2,1-6H3. The van der Waals surface area contributed by atoms with Crippen LogP contribution >= 0.6 is 0 Å². The number of hydrogen-bond donors (Lipinski definition) is 1. The van der Waals surface area contributed by atoms with Gasteiger partial charge in [-0.15, -0.1) is 0 Å². The minimum absolute atomic E-state index is 0.0664. The van der Waals surface area contributed by atoms with E-state index in [4.69, 9.17) is 15.7 Å². The number of nitroso groups, excluding NO2 is 1. The summed E-state index contributed by atoms with van der Waals surface area (Å²) in [4.78, 5) is 10.4. The van der Waals surface area contributed by atoms with E-state index in [2.05, 4.69) is 32.0 Å². The predicted octanol–water partition coefficient (Wildman–Crippen LogP) is 3.62. The van der Waals surface area contributed by atoms with Crippen LogP contribution in [0.1, 0.15) is 60.8 Å². The third-order valence-electron chi connectivity index (χ3n) is 4.29. The Morgan fingerprint density at radius 3 is 2.24 bits per heavy atom. The zero-order chi connectivity index (χ0) is 16.7. The summed E-state index contributed by atoms with van der Waals surface area (Å²) in [5, 5.41) is 11.6. The molecule has 0 aliphatic heterocycles. The molecule has 2 unspecified atom stereocenters. The third-order valence-corrected chi connectivity index (χ3v) is 4.29. The highest BCUT2D eigenvalue weighted by Gasteiger charge is 2.45. The summed E-state index contributed by atoms with van der Waals surface area (Å²) in [7, 11) is 0. The first kappa shape index (κ1) is 20.0. The zero-order valence-corrected chi connectivity index (χ0v) is 14.4. The molecule has 0 amide bonds. The molecular formula is C16H31N3O2. The Labute approximate surface area is 129 Å². The molecule has 0 aromatic heterocycles. The first-order valence-corrected chi connectivity index (χ1v) is 7.54. The average molecular weight is 297 g/mol. The lowest BCUT2D eigenvalue weighted by Crippen LogP contribution is -2.60. The van der Waals surface area contributed by atoms with Crippen molar-refractivity contribution in [3.8, 4) is 6.07 Å². The number of nitrogens with two attached hydrogens (primary N) is 1. The highest BCUT2D eigenvalue weighted by Crippen LogP contribution is 2.40. The van der Waals surface area contributed by atoms with Crippen LogP contribution in [0.2, 0.25) is 0 Å². The molecule has 0 saturated heterocycles. The predicted molar refractivity (Wildman–Crippen MR) is 85.7 cm³/mol. The fourth-order valence-electron chi connectivity index (χ4n) is 2.28. The number of nitriles is 1. The Hall–Kier alpha value is -0.990. The molecule has 21 heavy (non-hydrogen) atoms. The molecule has 0 aliphatic rings. The first-order valence-electron chi connectivity index (χ1n) is 7.54. The molecule has 2 N–H and O–H groups in total. The fraction of sp³-hybridized carbons (Fsp3) is 0.938. The smallest absolute Gasteiger partial charge is 0.0816 e. The summed E-state index contributed by atoms with van der Waals surface area (Å²) in [6.07, 6.45) is 1.59. The van der Waals surface area contributed by atoms with Crippen LogP contribution in [0.3, 0.4) is 0 Å². The van der Waals surface area contributed by atoms with E-state index in [9.17, 15) is 4.91 Å². The Kier molecular flexibility index (Phi) is 7.49. The summed E-state index contributed by atoms with van der Waals surface area (Å²) >= 11 is 0. The Bertz CT molecular complexity index is 365. The van der Waals surface area contributed by atoms with Gasteiger partial charge in [0.05, 0.1) is 31.7 Å². The SMILES string of the molecule is CC(C)(C)CC(OCCC#N)C(C)(N)C(C)(C)CCN=O. The van der Waals surface area contributed by atoms with E-state index in [1.165, 1.54) is 0 Å². The molecule has 0 bridgehead atoms. The van der Waals surface area contributed by atoms with Gasteiger partial charge in [-0.1, -0.05) is 39.8 Å². The summed E-state index contributed by atoms with van der Waals surface area (Å²) < 4.78 is 5.93. The topological polar surface area (TPSA) is 88.5 Å². The molecule has 0 aliphatic carbocycles. The van der Waals surface area contributed by atoms with E-state index in [1.807, 2.05) is 20.8 Å². The van der Waals surface area contributed by atoms with Crippen LogP contribution in [0, 0.1) is 27.1 Å². The second-order valence-electron chi connectivity index (χ2n) is 7.80. The van der Waals surface area contributed by atoms with E-state index < -0.39 is 5.54 Å². The molecule has 0 aromatic carbocycles. The maximum absolute atomic E-state index is 10.4. The number of rotatable bonds is 9. The van der Waals surface area contributed by atoms with Crippen LogP contribution in [-0.2, 0) is 4.74 Å². The van der Waals surface area contributed by atoms with Crippen molar-refractivity contribution in [2.45, 2.75) is 72.4 Å². The van der Waals surface area contributed by atoms with Crippen LogP contribution in [0.15, 0.2) is 5.18 Å². The van der Waals surface area contributed by atoms with Gasteiger partial charge in [0, 0.05) is 5.54 Å². The van der Waals surface area contributed by atoms with Crippen LogP contribution in [0.5, 0.6) is 0 Å². The van der Waals surface area contributed by atoms with E-state index in [0.717, 1.165) is 6.42 Å². The van der Waals surface area contributed by atoms with Crippen molar-refractivity contribution in [2.75, 3.05) is 13.2 Å². The number of nitrogens with zero attached hydrogens (tertiary/aromatic N) is 2. The van der Waals surface area contributed by atoms with E-state index in [0.29, 0.717) is 19.4 Å². The van der Waals surface area contributed by atoms with Crippen LogP contribution in [0.25, 0.3) is 0 Å². The van der Waals surface area contributed by atoms with Gasteiger partial charge in [-0.25, -0.2) is 0 Å². The summed E-state index contributed by atoms with van der Waals surface area (Å²) in [6, 6.07) is 2.09. The third kappa shape index (κ3) is 6.54. The van der Waals surface area contributed by atoms with Gasteiger partial charge in [0.2, 0.25) is 0 Å². The van der Waals surface area contributed by atoms with Crippen molar-refractivity contribution in [3.05, 3.63) is 4.91 Å². The van der Waals surface area contributed by atoms with Crippen LogP contribution < -0.4 is 5.73 Å².